The molecular weight excluding hydrogens is 511 g/mol. The number of carboxylic acid groups (broad SMARTS) is 1. The van der Waals surface area contributed by atoms with Gasteiger partial charge in [-0.1, -0.05) is 54.6 Å². The van der Waals surface area contributed by atoms with E-state index in [-0.39, 0.29) is 6.61 Å². The number of halogens is 1. The number of carbonyl (C=O) groups is 1. The van der Waals surface area contributed by atoms with Crippen molar-refractivity contribution in [3.63, 3.8) is 0 Å². The normalized spacial score (nSPS) is 11.2. The molecule has 0 aliphatic heterocycles. The van der Waals surface area contributed by atoms with Gasteiger partial charge in [-0.15, -0.1) is 11.8 Å². The van der Waals surface area contributed by atoms with Crippen LogP contribution in [0.1, 0.15) is 11.1 Å². The number of benzene rings is 3. The van der Waals surface area contributed by atoms with E-state index in [4.69, 9.17) is 14.6 Å². The summed E-state index contributed by atoms with van der Waals surface area (Å²) >= 11 is 3.96. The van der Waals surface area contributed by atoms with Gasteiger partial charge in [0.05, 0.1) is 7.11 Å². The van der Waals surface area contributed by atoms with Crippen molar-refractivity contribution in [3.8, 4) is 11.5 Å². The van der Waals surface area contributed by atoms with Crippen LogP contribution < -0.4 is 9.47 Å². The molecule has 0 saturated carbocycles. The SMILES string of the molecule is COc1ccccc1C(=CCSc1ccc(OCC(=O)O)cc1I)c1ccccc1. The lowest BCUT2D eigenvalue weighted by atomic mass is 9.97. The number of carboxylic acids is 1. The predicted octanol–water partition coefficient (Wildman–Crippen LogP) is 5.99. The minimum Gasteiger partial charge on any atom is -0.496 e. The Kier molecular flexibility index (Phi) is 8.21. The molecule has 0 radical (unpaired) electrons. The Morgan fingerprint density at radius 3 is 2.50 bits per heavy atom. The highest BCUT2D eigenvalue weighted by Gasteiger charge is 2.11. The second kappa shape index (κ2) is 11.1. The van der Waals surface area contributed by atoms with Crippen molar-refractivity contribution in [2.75, 3.05) is 19.5 Å². The zero-order chi connectivity index (χ0) is 21.3. The van der Waals surface area contributed by atoms with E-state index in [2.05, 4.69) is 46.9 Å². The van der Waals surface area contributed by atoms with Crippen molar-refractivity contribution in [1.82, 2.24) is 0 Å². The molecule has 0 amide bonds. The number of para-hydroxylation sites is 1. The van der Waals surface area contributed by atoms with Gasteiger partial charge in [-0.25, -0.2) is 4.79 Å². The largest absolute Gasteiger partial charge is 0.496 e. The van der Waals surface area contributed by atoms with E-state index >= 15 is 0 Å². The molecular formula is C24H21IO4S. The molecule has 0 aliphatic rings. The fraction of sp³-hybridized carbons (Fsp3) is 0.125. The molecule has 0 atom stereocenters. The van der Waals surface area contributed by atoms with Crippen molar-refractivity contribution >= 4 is 45.9 Å². The molecule has 154 valence electrons. The van der Waals surface area contributed by atoms with Crippen LogP contribution in [0.4, 0.5) is 0 Å². The van der Waals surface area contributed by atoms with Crippen LogP contribution in [0.2, 0.25) is 0 Å². The van der Waals surface area contributed by atoms with E-state index < -0.39 is 5.97 Å². The van der Waals surface area contributed by atoms with Crippen LogP contribution in [0.5, 0.6) is 11.5 Å². The van der Waals surface area contributed by atoms with E-state index in [0.29, 0.717) is 5.75 Å². The molecule has 0 saturated heterocycles. The summed E-state index contributed by atoms with van der Waals surface area (Å²) in [4.78, 5) is 11.8. The summed E-state index contributed by atoms with van der Waals surface area (Å²) in [6, 6.07) is 23.9. The van der Waals surface area contributed by atoms with Crippen LogP contribution in [0, 0.1) is 3.57 Å². The Labute approximate surface area is 194 Å². The molecule has 4 nitrogen and oxygen atoms in total. The summed E-state index contributed by atoms with van der Waals surface area (Å²) in [5.74, 6) is 1.18. The first-order chi connectivity index (χ1) is 14.6. The molecule has 0 unspecified atom stereocenters. The second-order valence-corrected chi connectivity index (χ2v) is 8.49. The molecule has 0 heterocycles. The highest BCUT2D eigenvalue weighted by molar-refractivity contribution is 14.1. The fourth-order valence-electron chi connectivity index (χ4n) is 2.92. The molecule has 0 fully saturated rings. The Bertz CT molecular complexity index is 1030. The number of methoxy groups -OCH3 is 1. The monoisotopic (exact) mass is 532 g/mol. The molecule has 0 bridgehead atoms. The Morgan fingerprint density at radius 1 is 1.07 bits per heavy atom. The lowest BCUT2D eigenvalue weighted by Crippen LogP contribution is -2.09. The highest BCUT2D eigenvalue weighted by Crippen LogP contribution is 2.33. The topological polar surface area (TPSA) is 55.8 Å². The minimum atomic E-state index is -0.988. The van der Waals surface area contributed by atoms with Gasteiger partial charge in [0, 0.05) is 19.8 Å². The van der Waals surface area contributed by atoms with Crippen molar-refractivity contribution in [1.29, 1.82) is 0 Å². The smallest absolute Gasteiger partial charge is 0.341 e. The standard InChI is InChI=1S/C24H21IO4S/c1-28-22-10-6-5-9-20(22)19(17-7-3-2-4-8-17)13-14-30-23-12-11-18(15-21(23)25)29-16-24(26)27/h2-13,15H,14,16H2,1H3,(H,26,27). The third-order valence-electron chi connectivity index (χ3n) is 4.27. The first-order valence-electron chi connectivity index (χ1n) is 9.24. The summed E-state index contributed by atoms with van der Waals surface area (Å²) in [7, 11) is 1.69. The third-order valence-corrected chi connectivity index (χ3v) is 6.53. The van der Waals surface area contributed by atoms with Crippen molar-refractivity contribution < 1.29 is 19.4 Å². The number of aliphatic carboxylic acids is 1. The van der Waals surface area contributed by atoms with Crippen LogP contribution in [-0.2, 0) is 4.79 Å². The lowest BCUT2D eigenvalue weighted by molar-refractivity contribution is -0.139. The summed E-state index contributed by atoms with van der Waals surface area (Å²) in [5.41, 5.74) is 3.31. The minimum absolute atomic E-state index is 0.343. The average molecular weight is 532 g/mol. The zero-order valence-corrected chi connectivity index (χ0v) is 19.4. The van der Waals surface area contributed by atoms with Gasteiger partial charge in [0.15, 0.2) is 6.61 Å². The molecule has 3 rings (SSSR count). The molecule has 3 aromatic rings. The first-order valence-corrected chi connectivity index (χ1v) is 11.3. The number of rotatable bonds is 9. The number of thioether (sulfide) groups is 1. The number of hydrogen-bond acceptors (Lipinski definition) is 4. The second-order valence-electron chi connectivity index (χ2n) is 6.27. The molecule has 0 aliphatic carbocycles. The first kappa shape index (κ1) is 22.2. The summed E-state index contributed by atoms with van der Waals surface area (Å²) in [6.07, 6.45) is 2.21. The maximum atomic E-state index is 10.7. The van der Waals surface area contributed by atoms with Gasteiger partial charge in [-0.3, -0.25) is 0 Å². The van der Waals surface area contributed by atoms with E-state index in [9.17, 15) is 4.79 Å². The molecule has 1 N–H and O–H groups in total. The maximum Gasteiger partial charge on any atom is 0.341 e. The Morgan fingerprint density at radius 2 is 1.80 bits per heavy atom. The van der Waals surface area contributed by atoms with Crippen LogP contribution in [0.3, 0.4) is 0 Å². The number of ether oxygens (including phenoxy) is 2. The van der Waals surface area contributed by atoms with Gasteiger partial charge < -0.3 is 14.6 Å². The quantitative estimate of drug-likeness (QED) is 0.271. The third kappa shape index (κ3) is 6.03. The van der Waals surface area contributed by atoms with E-state index in [1.807, 2.05) is 48.5 Å². The number of hydrogen-bond donors (Lipinski definition) is 1. The van der Waals surface area contributed by atoms with Gasteiger partial charge in [-0.05, 0) is 58.0 Å². The summed E-state index contributed by atoms with van der Waals surface area (Å²) in [5, 5.41) is 8.75. The molecule has 30 heavy (non-hydrogen) atoms. The zero-order valence-electron chi connectivity index (χ0n) is 16.4. The molecule has 3 aromatic carbocycles. The molecule has 0 aromatic heterocycles. The van der Waals surface area contributed by atoms with Crippen molar-refractivity contribution in [2.45, 2.75) is 4.90 Å². The molecule has 0 spiro atoms. The van der Waals surface area contributed by atoms with Crippen LogP contribution in [0.25, 0.3) is 5.57 Å². The van der Waals surface area contributed by atoms with E-state index in [1.54, 1.807) is 24.9 Å². The average Bonchev–Trinajstić information content (AvgIpc) is 2.77. The van der Waals surface area contributed by atoms with Gasteiger partial charge in [-0.2, -0.15) is 0 Å². The molecule has 6 heteroatoms. The summed E-state index contributed by atoms with van der Waals surface area (Å²) in [6.45, 7) is -0.343. The van der Waals surface area contributed by atoms with E-state index in [0.717, 1.165) is 36.7 Å². The van der Waals surface area contributed by atoms with Crippen LogP contribution in [-0.4, -0.2) is 30.5 Å². The Hall–Kier alpha value is -2.45. The van der Waals surface area contributed by atoms with Crippen LogP contribution in [0.15, 0.2) is 83.8 Å². The van der Waals surface area contributed by atoms with E-state index in [1.165, 1.54) is 0 Å². The van der Waals surface area contributed by atoms with Gasteiger partial charge in [0.2, 0.25) is 0 Å². The predicted molar refractivity (Wildman–Crippen MR) is 130 cm³/mol. The van der Waals surface area contributed by atoms with Crippen molar-refractivity contribution in [2.24, 2.45) is 0 Å². The van der Waals surface area contributed by atoms with Gasteiger partial charge in [0.25, 0.3) is 0 Å². The highest BCUT2D eigenvalue weighted by atomic mass is 127. The van der Waals surface area contributed by atoms with Crippen molar-refractivity contribution in [3.05, 3.63) is 93.6 Å². The van der Waals surface area contributed by atoms with Gasteiger partial charge >= 0.3 is 5.97 Å². The lowest BCUT2D eigenvalue weighted by Gasteiger charge is -2.13. The van der Waals surface area contributed by atoms with Crippen LogP contribution >= 0.6 is 34.4 Å². The van der Waals surface area contributed by atoms with Gasteiger partial charge in [0.1, 0.15) is 11.5 Å². The summed E-state index contributed by atoms with van der Waals surface area (Å²) < 4.78 is 11.8. The maximum absolute atomic E-state index is 10.7. The Balaban J connectivity index is 1.81. The fourth-order valence-corrected chi connectivity index (χ4v) is 4.66.